The molecule has 1 heterocycles. The van der Waals surface area contributed by atoms with Crippen molar-refractivity contribution in [2.24, 2.45) is 0 Å². The Morgan fingerprint density at radius 3 is 2.21 bits per heavy atom. The van der Waals surface area contributed by atoms with Gasteiger partial charge in [-0.2, -0.15) is 13.2 Å². The number of ether oxygens (including phenoxy) is 1. The number of benzene rings is 1. The number of alkyl halides is 6. The molecule has 0 atom stereocenters. The molecule has 0 radical (unpaired) electrons. The van der Waals surface area contributed by atoms with E-state index < -0.39 is 57.3 Å². The molecule has 1 aromatic carbocycles. The maximum atomic E-state index is 12.4. The van der Waals surface area contributed by atoms with Crippen LogP contribution in [0.2, 0.25) is 0 Å². The molecule has 0 saturated carbocycles. The fourth-order valence-corrected chi connectivity index (χ4v) is 3.43. The Hall–Kier alpha value is -2.46. The highest BCUT2D eigenvalue weighted by Gasteiger charge is 2.35. The second-order valence-electron chi connectivity index (χ2n) is 5.13. The zero-order valence-corrected chi connectivity index (χ0v) is 15.5. The van der Waals surface area contributed by atoms with Crippen molar-refractivity contribution in [2.45, 2.75) is 23.9 Å². The summed E-state index contributed by atoms with van der Waals surface area (Å²) in [5.41, 5.74) is 0. The molecule has 160 valence electrons. The van der Waals surface area contributed by atoms with Crippen LogP contribution in [-0.2, 0) is 21.0 Å². The number of nitrogens with zero attached hydrogens (tertiary/aromatic N) is 2. The minimum absolute atomic E-state index is 0.0994. The van der Waals surface area contributed by atoms with Crippen LogP contribution in [0.25, 0.3) is 0 Å². The van der Waals surface area contributed by atoms with Crippen LogP contribution in [0.5, 0.6) is 5.75 Å². The molecule has 1 aromatic heterocycles. The van der Waals surface area contributed by atoms with Crippen molar-refractivity contribution in [3.8, 4) is 5.75 Å². The molecule has 1 amide bonds. The number of aromatic nitrogens is 2. The Balaban J connectivity index is 1.87. The third-order valence-corrected chi connectivity index (χ3v) is 5.29. The molecular formula is C13H10F6N4O4S2. The maximum Gasteiger partial charge on any atom is 0.573 e. The average molecular weight is 464 g/mol. The fourth-order valence-electron chi connectivity index (χ4n) is 1.77. The second kappa shape index (κ2) is 8.50. The molecule has 0 unspecified atom stereocenters. The lowest BCUT2D eigenvalue weighted by molar-refractivity contribution is -0.274. The van der Waals surface area contributed by atoms with Gasteiger partial charge in [-0.05, 0) is 24.3 Å². The molecule has 16 heteroatoms. The molecule has 0 saturated heterocycles. The summed E-state index contributed by atoms with van der Waals surface area (Å²) in [6, 6.07) is 3.32. The molecule has 2 N–H and O–H groups in total. The summed E-state index contributed by atoms with van der Waals surface area (Å²) < 4.78 is 103. The van der Waals surface area contributed by atoms with E-state index in [4.69, 9.17) is 0 Å². The van der Waals surface area contributed by atoms with E-state index in [0.717, 1.165) is 24.3 Å². The zero-order valence-electron chi connectivity index (χ0n) is 13.8. The quantitative estimate of drug-likeness (QED) is 0.610. The summed E-state index contributed by atoms with van der Waals surface area (Å²) >= 11 is 0.0994. The topological polar surface area (TPSA) is 110 Å². The SMILES string of the molecule is O=C(CCNS(=O)(=O)c1ccc(OC(F)(F)F)cc1)Nc1nnc(C(F)(F)F)s1. The Labute approximate surface area is 162 Å². The van der Waals surface area contributed by atoms with E-state index in [1.807, 2.05) is 10.0 Å². The van der Waals surface area contributed by atoms with Gasteiger partial charge in [0.05, 0.1) is 4.90 Å². The van der Waals surface area contributed by atoms with Gasteiger partial charge in [-0.3, -0.25) is 4.79 Å². The van der Waals surface area contributed by atoms with Crippen molar-refractivity contribution < 1.29 is 44.3 Å². The number of hydrogen-bond acceptors (Lipinski definition) is 7. The molecule has 0 aliphatic heterocycles. The Bertz CT molecular complexity index is 957. The summed E-state index contributed by atoms with van der Waals surface area (Å²) in [7, 11) is -4.15. The van der Waals surface area contributed by atoms with Crippen LogP contribution >= 0.6 is 11.3 Å². The highest BCUT2D eigenvalue weighted by molar-refractivity contribution is 7.89. The summed E-state index contributed by atoms with van der Waals surface area (Å²) in [5.74, 6) is -1.45. The number of carbonyl (C=O) groups is 1. The van der Waals surface area contributed by atoms with Crippen LogP contribution in [-0.4, -0.2) is 37.4 Å². The molecular weight excluding hydrogens is 454 g/mol. The van der Waals surface area contributed by atoms with Gasteiger partial charge >= 0.3 is 12.5 Å². The van der Waals surface area contributed by atoms with Crippen LogP contribution in [0.15, 0.2) is 29.2 Å². The summed E-state index contributed by atoms with van der Waals surface area (Å²) in [6.07, 6.45) is -10.1. The predicted molar refractivity (Wildman–Crippen MR) is 86.5 cm³/mol. The number of nitrogens with one attached hydrogen (secondary N) is 2. The Morgan fingerprint density at radius 1 is 1.07 bits per heavy atom. The van der Waals surface area contributed by atoms with Gasteiger partial charge in [0.1, 0.15) is 5.75 Å². The number of amides is 1. The van der Waals surface area contributed by atoms with Gasteiger partial charge in [0.25, 0.3) is 0 Å². The lowest BCUT2D eigenvalue weighted by Gasteiger charge is -2.10. The van der Waals surface area contributed by atoms with Gasteiger partial charge in [0.15, 0.2) is 0 Å². The van der Waals surface area contributed by atoms with E-state index in [0.29, 0.717) is 0 Å². The van der Waals surface area contributed by atoms with E-state index in [1.54, 1.807) is 0 Å². The van der Waals surface area contributed by atoms with Crippen molar-refractivity contribution in [3.63, 3.8) is 0 Å². The fraction of sp³-hybridized carbons (Fsp3) is 0.308. The molecule has 29 heavy (non-hydrogen) atoms. The van der Waals surface area contributed by atoms with Gasteiger partial charge in [-0.25, -0.2) is 13.1 Å². The van der Waals surface area contributed by atoms with E-state index in [-0.39, 0.29) is 16.2 Å². The molecule has 2 aromatic rings. The number of hydrogen-bond donors (Lipinski definition) is 2. The van der Waals surface area contributed by atoms with E-state index >= 15 is 0 Å². The van der Waals surface area contributed by atoms with Crippen LogP contribution < -0.4 is 14.8 Å². The number of sulfonamides is 1. The zero-order chi connectivity index (χ0) is 21.9. The predicted octanol–water partition coefficient (Wildman–Crippen LogP) is 2.76. The first-order chi connectivity index (χ1) is 13.3. The average Bonchev–Trinajstić information content (AvgIpc) is 3.02. The maximum absolute atomic E-state index is 12.4. The van der Waals surface area contributed by atoms with Crippen molar-refractivity contribution in [3.05, 3.63) is 29.3 Å². The largest absolute Gasteiger partial charge is 0.573 e. The van der Waals surface area contributed by atoms with Crippen molar-refractivity contribution in [1.82, 2.24) is 14.9 Å². The number of anilines is 1. The molecule has 0 aliphatic carbocycles. The minimum atomic E-state index is -4.93. The van der Waals surface area contributed by atoms with Crippen LogP contribution in [0.4, 0.5) is 31.5 Å². The van der Waals surface area contributed by atoms with E-state index in [1.165, 1.54) is 0 Å². The van der Waals surface area contributed by atoms with Crippen LogP contribution in [0, 0.1) is 0 Å². The normalized spacial score (nSPS) is 12.6. The Morgan fingerprint density at radius 2 is 1.69 bits per heavy atom. The van der Waals surface area contributed by atoms with E-state index in [9.17, 15) is 39.6 Å². The Kier molecular flexibility index (Phi) is 6.69. The smallest absolute Gasteiger partial charge is 0.406 e. The van der Waals surface area contributed by atoms with Gasteiger partial charge in [0.2, 0.25) is 26.1 Å². The number of rotatable bonds is 7. The van der Waals surface area contributed by atoms with Crippen molar-refractivity contribution >= 4 is 32.4 Å². The van der Waals surface area contributed by atoms with E-state index in [2.05, 4.69) is 14.9 Å². The summed E-state index contributed by atoms with van der Waals surface area (Å²) in [6.45, 7) is -0.431. The first-order valence-electron chi connectivity index (χ1n) is 7.32. The second-order valence-corrected chi connectivity index (χ2v) is 7.87. The highest BCUT2D eigenvalue weighted by Crippen LogP contribution is 2.33. The highest BCUT2D eigenvalue weighted by atomic mass is 32.2. The third-order valence-electron chi connectivity index (χ3n) is 2.93. The van der Waals surface area contributed by atoms with Gasteiger partial charge < -0.3 is 10.1 Å². The summed E-state index contributed by atoms with van der Waals surface area (Å²) in [4.78, 5) is 11.3. The molecule has 0 fully saturated rings. The molecule has 0 bridgehead atoms. The van der Waals surface area contributed by atoms with Crippen LogP contribution in [0.3, 0.4) is 0 Å². The standard InChI is InChI=1S/C13H10F6N4O4S2/c14-12(15,16)10-22-23-11(28-10)21-9(24)5-6-20-29(25,26)8-3-1-7(2-4-8)27-13(17,18)19/h1-4,20H,5-6H2,(H,21,23,24). The number of carbonyl (C=O) groups excluding carboxylic acids is 1. The van der Waals surface area contributed by atoms with Gasteiger partial charge in [-0.15, -0.1) is 23.4 Å². The first kappa shape index (κ1) is 22.8. The lowest BCUT2D eigenvalue weighted by Crippen LogP contribution is -2.27. The lowest BCUT2D eigenvalue weighted by atomic mass is 10.3. The monoisotopic (exact) mass is 464 g/mol. The first-order valence-corrected chi connectivity index (χ1v) is 9.62. The molecule has 8 nitrogen and oxygen atoms in total. The van der Waals surface area contributed by atoms with Crippen molar-refractivity contribution in [2.75, 3.05) is 11.9 Å². The van der Waals surface area contributed by atoms with Crippen LogP contribution in [0.1, 0.15) is 11.4 Å². The molecule has 0 spiro atoms. The van der Waals surface area contributed by atoms with Gasteiger partial charge in [0, 0.05) is 13.0 Å². The summed E-state index contributed by atoms with van der Waals surface area (Å²) in [5, 5.41) is 6.38. The number of halogens is 6. The third kappa shape index (κ3) is 7.13. The van der Waals surface area contributed by atoms with Gasteiger partial charge in [-0.1, -0.05) is 11.3 Å². The molecule has 2 rings (SSSR count). The molecule has 0 aliphatic rings. The minimum Gasteiger partial charge on any atom is -0.406 e. The van der Waals surface area contributed by atoms with Crippen molar-refractivity contribution in [1.29, 1.82) is 0 Å².